The van der Waals surface area contributed by atoms with Gasteiger partial charge < -0.3 is 14.6 Å². The van der Waals surface area contributed by atoms with E-state index in [2.05, 4.69) is 0 Å². The Balaban J connectivity index is 1.95. The minimum Gasteiger partial charge on any atom is -0.476 e. The molecule has 0 radical (unpaired) electrons. The van der Waals surface area contributed by atoms with E-state index in [-0.39, 0.29) is 0 Å². The van der Waals surface area contributed by atoms with Crippen LogP contribution in [0.1, 0.15) is 0 Å². The lowest BCUT2D eigenvalue weighted by atomic mass is 10.1. The van der Waals surface area contributed by atoms with Crippen molar-refractivity contribution in [2.45, 2.75) is 6.29 Å². The molecule has 0 aliphatic carbocycles. The summed E-state index contributed by atoms with van der Waals surface area (Å²) in [5, 5.41) is 8.82. The Morgan fingerprint density at radius 1 is 0.944 bits per heavy atom. The molecule has 3 rings (SSSR count). The van der Waals surface area contributed by atoms with E-state index in [4.69, 9.17) is 14.6 Å². The minimum atomic E-state index is -1.24. The van der Waals surface area contributed by atoms with Gasteiger partial charge in [0.15, 0.2) is 11.5 Å². The third-order valence-electron chi connectivity index (χ3n) is 2.72. The van der Waals surface area contributed by atoms with Crippen LogP contribution >= 0.6 is 0 Å². The molecule has 1 atom stereocenters. The number of carbonyl (C=O) groups is 1. The van der Waals surface area contributed by atoms with Crippen LogP contribution in [-0.4, -0.2) is 17.4 Å². The van der Waals surface area contributed by atoms with Crippen LogP contribution in [0.25, 0.3) is 11.1 Å². The molecule has 2 aromatic rings. The smallest absolute Gasteiger partial charge is 0.387 e. The van der Waals surface area contributed by atoms with E-state index >= 15 is 0 Å². The maximum absolute atomic E-state index is 10.8. The lowest BCUT2D eigenvalue weighted by molar-refractivity contribution is -0.154. The predicted molar refractivity (Wildman–Crippen MR) is 64.6 cm³/mol. The van der Waals surface area contributed by atoms with E-state index in [0.29, 0.717) is 11.5 Å². The molecule has 0 amide bonds. The number of carboxylic acids is 1. The number of fused-ring (bicyclic) bond motifs is 1. The van der Waals surface area contributed by atoms with Gasteiger partial charge in [0.25, 0.3) is 0 Å². The molecule has 0 spiro atoms. The first-order valence-corrected chi connectivity index (χ1v) is 5.49. The zero-order valence-corrected chi connectivity index (χ0v) is 9.37. The highest BCUT2D eigenvalue weighted by Gasteiger charge is 2.30. The van der Waals surface area contributed by atoms with Crippen LogP contribution in [-0.2, 0) is 4.79 Å². The molecule has 4 nitrogen and oxygen atoms in total. The molecule has 0 unspecified atom stereocenters. The van der Waals surface area contributed by atoms with Crippen LogP contribution < -0.4 is 9.47 Å². The van der Waals surface area contributed by atoms with Crippen molar-refractivity contribution < 1.29 is 19.4 Å². The summed E-state index contributed by atoms with van der Waals surface area (Å²) in [6.07, 6.45) is -1.24. The Hall–Kier alpha value is -2.49. The number of benzene rings is 2. The van der Waals surface area contributed by atoms with Crippen LogP contribution in [0.5, 0.6) is 11.5 Å². The highest BCUT2D eigenvalue weighted by Crippen LogP contribution is 2.37. The van der Waals surface area contributed by atoms with Crippen molar-refractivity contribution in [2.75, 3.05) is 0 Å². The molecule has 1 heterocycles. The van der Waals surface area contributed by atoms with Gasteiger partial charge in [-0.05, 0) is 23.3 Å². The second-order valence-electron chi connectivity index (χ2n) is 3.93. The number of carboxylic acid groups (broad SMARTS) is 1. The molecular formula is C14H10O4. The van der Waals surface area contributed by atoms with Crippen molar-refractivity contribution in [3.8, 4) is 22.6 Å². The zero-order valence-electron chi connectivity index (χ0n) is 9.37. The van der Waals surface area contributed by atoms with Crippen molar-refractivity contribution in [3.05, 3.63) is 48.5 Å². The number of aliphatic carboxylic acids is 1. The summed E-state index contributed by atoms with van der Waals surface area (Å²) in [6, 6.07) is 15.2. The molecule has 0 saturated carbocycles. The standard InChI is InChI=1S/C14H10O4/c15-13(16)14-17-11-7-6-10(8-12(11)18-14)9-4-2-1-3-5-9/h1-8,14H,(H,15,16)/t14-/m1/s1. The third-order valence-corrected chi connectivity index (χ3v) is 2.72. The molecular weight excluding hydrogens is 232 g/mol. The van der Waals surface area contributed by atoms with Gasteiger partial charge in [-0.1, -0.05) is 36.4 Å². The lowest BCUT2D eigenvalue weighted by Gasteiger charge is -2.03. The largest absolute Gasteiger partial charge is 0.476 e. The molecule has 0 saturated heterocycles. The van der Waals surface area contributed by atoms with Gasteiger partial charge in [0, 0.05) is 0 Å². The van der Waals surface area contributed by atoms with Crippen molar-refractivity contribution in [3.63, 3.8) is 0 Å². The third kappa shape index (κ3) is 1.78. The van der Waals surface area contributed by atoms with Gasteiger partial charge in [0.2, 0.25) is 0 Å². The van der Waals surface area contributed by atoms with Gasteiger partial charge in [-0.3, -0.25) is 0 Å². The quantitative estimate of drug-likeness (QED) is 0.879. The normalized spacial score (nSPS) is 16.6. The number of rotatable bonds is 2. The number of ether oxygens (including phenoxy) is 2. The van der Waals surface area contributed by atoms with Crippen molar-refractivity contribution >= 4 is 5.97 Å². The summed E-state index contributed by atoms with van der Waals surface area (Å²) >= 11 is 0. The topological polar surface area (TPSA) is 55.8 Å². The van der Waals surface area contributed by atoms with Crippen LogP contribution in [0.4, 0.5) is 0 Å². The molecule has 4 heteroatoms. The first kappa shape index (κ1) is 10.7. The molecule has 0 fully saturated rings. The Bertz CT molecular complexity index is 592. The lowest BCUT2D eigenvalue weighted by Crippen LogP contribution is -2.28. The molecule has 0 bridgehead atoms. The van der Waals surface area contributed by atoms with Crippen LogP contribution in [0.15, 0.2) is 48.5 Å². The van der Waals surface area contributed by atoms with Gasteiger partial charge in [-0.2, -0.15) is 0 Å². The van der Waals surface area contributed by atoms with E-state index in [0.717, 1.165) is 11.1 Å². The average Bonchev–Trinajstić information content (AvgIpc) is 2.82. The first-order chi connectivity index (χ1) is 8.74. The van der Waals surface area contributed by atoms with Crippen LogP contribution in [0.2, 0.25) is 0 Å². The number of hydrogen-bond donors (Lipinski definition) is 1. The van der Waals surface area contributed by atoms with E-state index in [1.807, 2.05) is 36.4 Å². The minimum absolute atomic E-state index is 0.460. The fourth-order valence-electron chi connectivity index (χ4n) is 1.86. The summed E-state index contributed by atoms with van der Waals surface area (Å²) in [6.45, 7) is 0. The summed E-state index contributed by atoms with van der Waals surface area (Å²) in [4.78, 5) is 10.8. The molecule has 1 aliphatic rings. The fourth-order valence-corrected chi connectivity index (χ4v) is 1.86. The van der Waals surface area contributed by atoms with E-state index < -0.39 is 12.3 Å². The average molecular weight is 242 g/mol. The summed E-state index contributed by atoms with van der Waals surface area (Å²) in [5.74, 6) is -0.210. The maximum atomic E-state index is 10.8. The second kappa shape index (κ2) is 4.07. The number of hydrogen-bond acceptors (Lipinski definition) is 3. The Morgan fingerprint density at radius 3 is 2.39 bits per heavy atom. The predicted octanol–water partition coefficient (Wildman–Crippen LogP) is 2.54. The second-order valence-corrected chi connectivity index (χ2v) is 3.93. The Morgan fingerprint density at radius 2 is 1.67 bits per heavy atom. The molecule has 0 aromatic heterocycles. The van der Waals surface area contributed by atoms with Crippen molar-refractivity contribution in [2.24, 2.45) is 0 Å². The summed E-state index contributed by atoms with van der Waals surface area (Å²) in [7, 11) is 0. The van der Waals surface area contributed by atoms with Crippen LogP contribution in [0.3, 0.4) is 0 Å². The van der Waals surface area contributed by atoms with E-state index in [1.54, 1.807) is 12.1 Å². The zero-order chi connectivity index (χ0) is 12.5. The van der Waals surface area contributed by atoms with E-state index in [9.17, 15) is 4.79 Å². The summed E-state index contributed by atoms with van der Waals surface area (Å²) < 4.78 is 10.3. The first-order valence-electron chi connectivity index (χ1n) is 5.49. The van der Waals surface area contributed by atoms with Gasteiger partial charge in [0.1, 0.15) is 0 Å². The maximum Gasteiger partial charge on any atom is 0.387 e. The van der Waals surface area contributed by atoms with Gasteiger partial charge in [-0.15, -0.1) is 0 Å². The van der Waals surface area contributed by atoms with Gasteiger partial charge >= 0.3 is 12.3 Å². The fraction of sp³-hybridized carbons (Fsp3) is 0.0714. The molecule has 1 aliphatic heterocycles. The van der Waals surface area contributed by atoms with Crippen molar-refractivity contribution in [1.29, 1.82) is 0 Å². The monoisotopic (exact) mass is 242 g/mol. The SMILES string of the molecule is O=C(O)[C@@H]1Oc2ccc(-c3ccccc3)cc2O1. The molecule has 18 heavy (non-hydrogen) atoms. The van der Waals surface area contributed by atoms with Crippen molar-refractivity contribution in [1.82, 2.24) is 0 Å². The highest BCUT2D eigenvalue weighted by molar-refractivity contribution is 5.74. The Labute approximate surface area is 103 Å². The summed E-state index contributed by atoms with van der Waals surface area (Å²) in [5.41, 5.74) is 2.01. The van der Waals surface area contributed by atoms with Gasteiger partial charge in [0.05, 0.1) is 0 Å². The van der Waals surface area contributed by atoms with Gasteiger partial charge in [-0.25, -0.2) is 4.79 Å². The highest BCUT2D eigenvalue weighted by atomic mass is 16.7. The molecule has 2 aromatic carbocycles. The van der Waals surface area contributed by atoms with E-state index in [1.165, 1.54) is 0 Å². The molecule has 90 valence electrons. The molecule has 1 N–H and O–H groups in total. The van der Waals surface area contributed by atoms with Crippen LogP contribution in [0, 0.1) is 0 Å². The Kier molecular flexibility index (Phi) is 2.41.